The van der Waals surface area contributed by atoms with Crippen LogP contribution in [0.2, 0.25) is 0 Å². The van der Waals surface area contributed by atoms with E-state index < -0.39 is 0 Å². The Balaban J connectivity index is 2.04. The third-order valence-electron chi connectivity index (χ3n) is 3.48. The Kier molecular flexibility index (Phi) is 2.75. The van der Waals surface area contributed by atoms with Crippen LogP contribution in [0.5, 0.6) is 11.5 Å². The van der Waals surface area contributed by atoms with Gasteiger partial charge in [0.05, 0.1) is 11.5 Å². The molecule has 0 aromatic heterocycles. The monoisotopic (exact) mass is 254 g/mol. The van der Waals surface area contributed by atoms with E-state index in [-0.39, 0.29) is 23.6 Å². The number of hydrogen-bond acceptors (Lipinski definition) is 3. The molecule has 2 aromatic rings. The van der Waals surface area contributed by atoms with Crippen LogP contribution in [0, 0.1) is 5.92 Å². The highest BCUT2D eigenvalue weighted by Gasteiger charge is 2.35. The van der Waals surface area contributed by atoms with Crippen LogP contribution in [-0.4, -0.2) is 10.9 Å². The molecule has 2 aromatic carbocycles. The van der Waals surface area contributed by atoms with E-state index in [1.807, 2.05) is 37.3 Å². The average molecular weight is 254 g/mol. The summed E-state index contributed by atoms with van der Waals surface area (Å²) in [5.41, 5.74) is 1.45. The molecule has 3 heteroatoms. The van der Waals surface area contributed by atoms with Crippen molar-refractivity contribution >= 4 is 5.78 Å². The predicted molar refractivity (Wildman–Crippen MR) is 71.4 cm³/mol. The van der Waals surface area contributed by atoms with Crippen molar-refractivity contribution in [3.63, 3.8) is 0 Å². The standard InChI is InChI=1S/C16H14O3/c1-10-15(18)13-9-12(17)7-8-14(13)19-16(10)11-5-3-2-4-6-11/h2-10,16-17H,1H3/t10-,16+/m0/s1. The Morgan fingerprint density at radius 2 is 1.84 bits per heavy atom. The molecule has 0 unspecified atom stereocenters. The zero-order valence-electron chi connectivity index (χ0n) is 10.5. The summed E-state index contributed by atoms with van der Waals surface area (Å²) in [4.78, 5) is 12.4. The van der Waals surface area contributed by atoms with Gasteiger partial charge in [-0.1, -0.05) is 37.3 Å². The number of ether oxygens (including phenoxy) is 1. The molecule has 0 spiro atoms. The first-order chi connectivity index (χ1) is 9.16. The van der Waals surface area contributed by atoms with Crippen LogP contribution in [0.25, 0.3) is 0 Å². The van der Waals surface area contributed by atoms with Crippen molar-refractivity contribution in [2.45, 2.75) is 13.0 Å². The number of rotatable bonds is 1. The van der Waals surface area contributed by atoms with Crippen LogP contribution in [-0.2, 0) is 0 Å². The van der Waals surface area contributed by atoms with Gasteiger partial charge in [0.15, 0.2) is 5.78 Å². The van der Waals surface area contributed by atoms with Gasteiger partial charge in [0.1, 0.15) is 17.6 Å². The highest BCUT2D eigenvalue weighted by molar-refractivity contribution is 6.01. The van der Waals surface area contributed by atoms with Gasteiger partial charge in [-0.05, 0) is 23.8 Å². The van der Waals surface area contributed by atoms with E-state index in [2.05, 4.69) is 0 Å². The van der Waals surface area contributed by atoms with Gasteiger partial charge in [0.25, 0.3) is 0 Å². The largest absolute Gasteiger partial charge is 0.508 e. The minimum absolute atomic E-state index is 0.00556. The Labute approximate surface area is 111 Å². The van der Waals surface area contributed by atoms with Gasteiger partial charge in [0.2, 0.25) is 0 Å². The van der Waals surface area contributed by atoms with Gasteiger partial charge in [-0.3, -0.25) is 4.79 Å². The van der Waals surface area contributed by atoms with Gasteiger partial charge >= 0.3 is 0 Å². The summed E-state index contributed by atoms with van der Waals surface area (Å²) < 4.78 is 5.92. The predicted octanol–water partition coefficient (Wildman–Crippen LogP) is 3.34. The van der Waals surface area contributed by atoms with Crippen LogP contribution in [0.1, 0.15) is 28.9 Å². The highest BCUT2D eigenvalue weighted by Crippen LogP contribution is 2.39. The van der Waals surface area contributed by atoms with Gasteiger partial charge in [-0.2, -0.15) is 0 Å². The van der Waals surface area contributed by atoms with Crippen LogP contribution >= 0.6 is 0 Å². The van der Waals surface area contributed by atoms with E-state index in [1.165, 1.54) is 12.1 Å². The number of benzene rings is 2. The summed E-state index contributed by atoms with van der Waals surface area (Å²) in [5, 5.41) is 9.47. The smallest absolute Gasteiger partial charge is 0.173 e. The molecule has 0 aliphatic carbocycles. The summed E-state index contributed by atoms with van der Waals surface area (Å²) >= 11 is 0. The van der Waals surface area contributed by atoms with Crippen LogP contribution in [0.3, 0.4) is 0 Å². The Morgan fingerprint density at radius 1 is 1.11 bits per heavy atom. The number of ketones is 1. The maximum Gasteiger partial charge on any atom is 0.173 e. The fourth-order valence-corrected chi connectivity index (χ4v) is 2.43. The van der Waals surface area contributed by atoms with Crippen molar-refractivity contribution in [3.8, 4) is 11.5 Å². The molecule has 1 aliphatic heterocycles. The van der Waals surface area contributed by atoms with Crippen molar-refractivity contribution in [2.75, 3.05) is 0 Å². The first-order valence-corrected chi connectivity index (χ1v) is 6.25. The first kappa shape index (κ1) is 11.8. The number of aromatic hydroxyl groups is 1. The summed E-state index contributed by atoms with van der Waals surface area (Å²) in [7, 11) is 0. The summed E-state index contributed by atoms with van der Waals surface area (Å²) in [5.74, 6) is 0.360. The summed E-state index contributed by atoms with van der Waals surface area (Å²) in [6.45, 7) is 1.85. The van der Waals surface area contributed by atoms with E-state index >= 15 is 0 Å². The minimum Gasteiger partial charge on any atom is -0.508 e. The van der Waals surface area contributed by atoms with Gasteiger partial charge in [-0.15, -0.1) is 0 Å². The molecule has 96 valence electrons. The van der Waals surface area contributed by atoms with E-state index in [0.717, 1.165) is 5.56 Å². The van der Waals surface area contributed by atoms with Gasteiger partial charge in [0, 0.05) is 0 Å². The molecule has 3 nitrogen and oxygen atoms in total. The molecule has 0 fully saturated rings. The molecule has 0 saturated carbocycles. The number of phenolic OH excluding ortho intramolecular Hbond substituents is 1. The molecular weight excluding hydrogens is 240 g/mol. The molecule has 1 heterocycles. The highest BCUT2D eigenvalue weighted by atomic mass is 16.5. The molecule has 3 rings (SSSR count). The fraction of sp³-hybridized carbons (Fsp3) is 0.188. The molecule has 2 atom stereocenters. The quantitative estimate of drug-likeness (QED) is 0.849. The number of fused-ring (bicyclic) bond motifs is 1. The lowest BCUT2D eigenvalue weighted by Gasteiger charge is -2.30. The zero-order chi connectivity index (χ0) is 13.4. The number of hydrogen-bond donors (Lipinski definition) is 1. The van der Waals surface area contributed by atoms with E-state index in [4.69, 9.17) is 4.74 Å². The van der Waals surface area contributed by atoms with Gasteiger partial charge < -0.3 is 9.84 Å². The van der Waals surface area contributed by atoms with Crippen molar-refractivity contribution in [3.05, 3.63) is 59.7 Å². The number of carbonyl (C=O) groups excluding carboxylic acids is 1. The second-order valence-electron chi connectivity index (χ2n) is 4.78. The maximum absolute atomic E-state index is 12.4. The molecular formula is C16H14O3. The normalized spacial score (nSPS) is 21.6. The lowest BCUT2D eigenvalue weighted by atomic mass is 9.87. The minimum atomic E-state index is -0.272. The van der Waals surface area contributed by atoms with E-state index in [9.17, 15) is 9.90 Å². The SMILES string of the molecule is C[C@H]1C(=O)c2cc(O)ccc2O[C@H]1c1ccccc1. The van der Waals surface area contributed by atoms with Crippen molar-refractivity contribution in [2.24, 2.45) is 5.92 Å². The Bertz CT molecular complexity index is 619. The molecule has 19 heavy (non-hydrogen) atoms. The number of phenols is 1. The van der Waals surface area contributed by atoms with E-state index in [0.29, 0.717) is 11.3 Å². The van der Waals surface area contributed by atoms with Crippen LogP contribution in [0.4, 0.5) is 0 Å². The third kappa shape index (κ3) is 1.97. The molecule has 1 N–H and O–H groups in total. The molecule has 0 radical (unpaired) electrons. The molecule has 1 aliphatic rings. The second kappa shape index (κ2) is 4.43. The van der Waals surface area contributed by atoms with Crippen molar-refractivity contribution in [1.29, 1.82) is 0 Å². The Hall–Kier alpha value is -2.29. The lowest BCUT2D eigenvalue weighted by Crippen LogP contribution is -2.29. The molecule has 0 bridgehead atoms. The fourth-order valence-electron chi connectivity index (χ4n) is 2.43. The zero-order valence-corrected chi connectivity index (χ0v) is 10.5. The third-order valence-corrected chi connectivity index (χ3v) is 3.48. The topological polar surface area (TPSA) is 46.5 Å². The average Bonchev–Trinajstić information content (AvgIpc) is 2.44. The van der Waals surface area contributed by atoms with Crippen LogP contribution < -0.4 is 4.74 Å². The van der Waals surface area contributed by atoms with Crippen LogP contribution in [0.15, 0.2) is 48.5 Å². The second-order valence-corrected chi connectivity index (χ2v) is 4.78. The Morgan fingerprint density at radius 3 is 2.58 bits per heavy atom. The first-order valence-electron chi connectivity index (χ1n) is 6.25. The number of carbonyl (C=O) groups is 1. The lowest BCUT2D eigenvalue weighted by molar-refractivity contribution is 0.0689. The number of Topliss-reactive ketones (excluding diaryl/α,β-unsaturated/α-hetero) is 1. The summed E-state index contributed by atoms with van der Waals surface area (Å²) in [6, 6.07) is 14.4. The molecule has 0 amide bonds. The molecule has 0 saturated heterocycles. The van der Waals surface area contributed by atoms with E-state index in [1.54, 1.807) is 6.07 Å². The van der Waals surface area contributed by atoms with Crippen molar-refractivity contribution in [1.82, 2.24) is 0 Å². The maximum atomic E-state index is 12.4. The van der Waals surface area contributed by atoms with Crippen molar-refractivity contribution < 1.29 is 14.6 Å². The van der Waals surface area contributed by atoms with Gasteiger partial charge in [-0.25, -0.2) is 0 Å². The summed E-state index contributed by atoms with van der Waals surface area (Å²) in [6.07, 6.45) is -0.272.